The van der Waals surface area contributed by atoms with E-state index in [1.54, 1.807) is 12.1 Å². The minimum atomic E-state index is -0.412. The summed E-state index contributed by atoms with van der Waals surface area (Å²) in [7, 11) is 1.33. The molecule has 142 valence electrons. The van der Waals surface area contributed by atoms with E-state index in [1.807, 2.05) is 32.9 Å². The van der Waals surface area contributed by atoms with Crippen LogP contribution in [0.1, 0.15) is 48.0 Å². The second kappa shape index (κ2) is 9.19. The lowest BCUT2D eigenvalue weighted by atomic mass is 10.1. The first kappa shape index (κ1) is 20.5. The molecule has 0 atom stereocenters. The standard InChI is InChI=1S/C21H22N2O2.C2H6/c1-4-7-18-15(2)23(20-9-6-5-8-19(18)20)14-16-10-12-17(13-11-16)21(24)22(3)25;1-2/h4-13,25H,14H2,1-3H3;1-2H3/b7-4-;. The lowest BCUT2D eigenvalue weighted by Gasteiger charge is -2.11. The monoisotopic (exact) mass is 364 g/mol. The van der Waals surface area contributed by atoms with Crippen LogP contribution in [0.15, 0.2) is 54.6 Å². The molecule has 27 heavy (non-hydrogen) atoms. The van der Waals surface area contributed by atoms with Crippen molar-refractivity contribution in [1.29, 1.82) is 0 Å². The molecule has 0 radical (unpaired) electrons. The van der Waals surface area contributed by atoms with Crippen molar-refractivity contribution in [2.75, 3.05) is 7.05 Å². The number of allylic oxidation sites excluding steroid dienone is 1. The highest BCUT2D eigenvalue weighted by molar-refractivity contribution is 5.93. The van der Waals surface area contributed by atoms with Gasteiger partial charge < -0.3 is 4.57 Å². The molecule has 3 rings (SSSR count). The molecule has 0 spiro atoms. The van der Waals surface area contributed by atoms with Gasteiger partial charge in [-0.2, -0.15) is 0 Å². The summed E-state index contributed by atoms with van der Waals surface area (Å²) in [5.41, 5.74) is 5.23. The number of fused-ring (bicyclic) bond motifs is 1. The van der Waals surface area contributed by atoms with Gasteiger partial charge in [0.15, 0.2) is 0 Å². The summed E-state index contributed by atoms with van der Waals surface area (Å²) in [4.78, 5) is 11.8. The minimum absolute atomic E-state index is 0.412. The van der Waals surface area contributed by atoms with E-state index in [-0.39, 0.29) is 0 Å². The molecule has 0 saturated carbocycles. The van der Waals surface area contributed by atoms with E-state index in [1.165, 1.54) is 29.2 Å². The Labute approximate surface area is 161 Å². The number of carbonyl (C=O) groups excluding carboxylic acids is 1. The quantitative estimate of drug-likeness (QED) is 0.489. The van der Waals surface area contributed by atoms with Crippen molar-refractivity contribution in [2.45, 2.75) is 34.2 Å². The van der Waals surface area contributed by atoms with Crippen LogP contribution in [0.5, 0.6) is 0 Å². The molecule has 1 heterocycles. The number of hydrogen-bond donors (Lipinski definition) is 1. The summed E-state index contributed by atoms with van der Waals surface area (Å²) in [5, 5.41) is 11.1. The first-order valence-corrected chi connectivity index (χ1v) is 9.29. The van der Waals surface area contributed by atoms with Gasteiger partial charge in [-0.1, -0.05) is 56.3 Å². The molecule has 2 aromatic carbocycles. The number of para-hydroxylation sites is 1. The second-order valence-corrected chi connectivity index (χ2v) is 6.13. The second-order valence-electron chi connectivity index (χ2n) is 6.13. The predicted octanol–water partition coefficient (Wildman–Crippen LogP) is 5.52. The SMILES string of the molecule is C/C=C\c1c(C)n(Cc2ccc(C(=O)N(C)O)cc2)c2ccccc12.CC. The number of aromatic nitrogens is 1. The van der Waals surface area contributed by atoms with Crippen molar-refractivity contribution in [2.24, 2.45) is 0 Å². The van der Waals surface area contributed by atoms with E-state index in [0.29, 0.717) is 10.6 Å². The molecule has 1 N–H and O–H groups in total. The maximum absolute atomic E-state index is 11.8. The lowest BCUT2D eigenvalue weighted by molar-refractivity contribution is -0.0374. The number of nitrogens with zero attached hydrogens (tertiary/aromatic N) is 2. The van der Waals surface area contributed by atoms with Crippen molar-refractivity contribution >= 4 is 22.9 Å². The maximum Gasteiger partial charge on any atom is 0.276 e. The Hall–Kier alpha value is -2.85. The zero-order valence-corrected chi connectivity index (χ0v) is 16.7. The third kappa shape index (κ3) is 4.29. The van der Waals surface area contributed by atoms with Crippen molar-refractivity contribution in [3.8, 4) is 0 Å². The smallest absolute Gasteiger partial charge is 0.276 e. The van der Waals surface area contributed by atoms with Gasteiger partial charge in [0, 0.05) is 41.3 Å². The van der Waals surface area contributed by atoms with Crippen LogP contribution in [0.25, 0.3) is 17.0 Å². The van der Waals surface area contributed by atoms with Crippen molar-refractivity contribution < 1.29 is 10.0 Å². The fraction of sp³-hybridized carbons (Fsp3) is 0.261. The molecule has 0 aliphatic heterocycles. The van der Waals surface area contributed by atoms with E-state index in [4.69, 9.17) is 0 Å². The largest absolute Gasteiger partial charge is 0.340 e. The normalized spacial score (nSPS) is 10.7. The van der Waals surface area contributed by atoms with Crippen LogP contribution >= 0.6 is 0 Å². The molecule has 0 aliphatic carbocycles. The van der Waals surface area contributed by atoms with Crippen molar-refractivity contribution in [1.82, 2.24) is 9.63 Å². The van der Waals surface area contributed by atoms with Crippen LogP contribution in [-0.4, -0.2) is 27.8 Å². The van der Waals surface area contributed by atoms with Gasteiger partial charge in [0.2, 0.25) is 0 Å². The average Bonchev–Trinajstić information content (AvgIpc) is 2.96. The van der Waals surface area contributed by atoms with Gasteiger partial charge in [-0.05, 0) is 37.6 Å². The van der Waals surface area contributed by atoms with Gasteiger partial charge in [0.25, 0.3) is 5.91 Å². The third-order valence-electron chi connectivity index (χ3n) is 4.45. The topological polar surface area (TPSA) is 45.5 Å². The Bertz CT molecular complexity index is 935. The number of hydrogen-bond acceptors (Lipinski definition) is 2. The van der Waals surface area contributed by atoms with Crippen LogP contribution < -0.4 is 0 Å². The molecule has 0 bridgehead atoms. The maximum atomic E-state index is 11.8. The van der Waals surface area contributed by atoms with Gasteiger partial charge in [-0.25, -0.2) is 5.06 Å². The Morgan fingerprint density at radius 2 is 1.74 bits per heavy atom. The molecule has 0 aliphatic rings. The third-order valence-corrected chi connectivity index (χ3v) is 4.45. The summed E-state index contributed by atoms with van der Waals surface area (Å²) >= 11 is 0. The highest BCUT2D eigenvalue weighted by Gasteiger charge is 2.13. The first-order chi connectivity index (χ1) is 13.0. The predicted molar refractivity (Wildman–Crippen MR) is 112 cm³/mol. The summed E-state index contributed by atoms with van der Waals surface area (Å²) in [6.45, 7) is 8.89. The van der Waals surface area contributed by atoms with Crippen LogP contribution in [-0.2, 0) is 6.54 Å². The zero-order valence-electron chi connectivity index (χ0n) is 16.7. The van der Waals surface area contributed by atoms with Crippen molar-refractivity contribution in [3.05, 3.63) is 77.0 Å². The van der Waals surface area contributed by atoms with E-state index in [9.17, 15) is 10.0 Å². The molecule has 3 aromatic rings. The average molecular weight is 364 g/mol. The number of benzene rings is 2. The van der Waals surface area contributed by atoms with Gasteiger partial charge >= 0.3 is 0 Å². The molecule has 4 heteroatoms. The Kier molecular flexibility index (Phi) is 6.97. The van der Waals surface area contributed by atoms with Crippen molar-refractivity contribution in [3.63, 3.8) is 0 Å². The molecular formula is C23H28N2O2. The van der Waals surface area contributed by atoms with E-state index >= 15 is 0 Å². The summed E-state index contributed by atoms with van der Waals surface area (Å²) in [6.07, 6.45) is 4.21. The Morgan fingerprint density at radius 3 is 2.33 bits per heavy atom. The van der Waals surface area contributed by atoms with Gasteiger partial charge in [0.1, 0.15) is 0 Å². The van der Waals surface area contributed by atoms with Gasteiger partial charge in [-0.3, -0.25) is 10.0 Å². The molecule has 1 amide bonds. The molecule has 1 aromatic heterocycles. The summed E-state index contributed by atoms with van der Waals surface area (Å²) < 4.78 is 2.29. The fourth-order valence-corrected chi connectivity index (χ4v) is 3.16. The van der Waals surface area contributed by atoms with E-state index in [2.05, 4.69) is 47.9 Å². The van der Waals surface area contributed by atoms with Crippen LogP contribution in [0.3, 0.4) is 0 Å². The Morgan fingerprint density at radius 1 is 1.11 bits per heavy atom. The fourth-order valence-electron chi connectivity index (χ4n) is 3.16. The number of carbonyl (C=O) groups is 1. The van der Waals surface area contributed by atoms with Crippen LogP contribution in [0, 0.1) is 6.92 Å². The molecule has 0 fully saturated rings. The zero-order chi connectivity index (χ0) is 20.0. The van der Waals surface area contributed by atoms with Crippen LogP contribution in [0.2, 0.25) is 0 Å². The van der Waals surface area contributed by atoms with E-state index < -0.39 is 5.91 Å². The first-order valence-electron chi connectivity index (χ1n) is 9.29. The molecule has 0 saturated heterocycles. The number of hydroxylamine groups is 2. The summed E-state index contributed by atoms with van der Waals surface area (Å²) in [5.74, 6) is -0.412. The van der Waals surface area contributed by atoms with Gasteiger partial charge in [0.05, 0.1) is 0 Å². The van der Waals surface area contributed by atoms with E-state index in [0.717, 1.165) is 12.1 Å². The molecule has 4 nitrogen and oxygen atoms in total. The minimum Gasteiger partial charge on any atom is -0.340 e. The lowest BCUT2D eigenvalue weighted by Crippen LogP contribution is -2.22. The highest BCUT2D eigenvalue weighted by atomic mass is 16.5. The van der Waals surface area contributed by atoms with Gasteiger partial charge in [-0.15, -0.1) is 0 Å². The highest BCUT2D eigenvalue weighted by Crippen LogP contribution is 2.28. The molecular weight excluding hydrogens is 336 g/mol. The number of rotatable bonds is 4. The Balaban J connectivity index is 0.00000126. The van der Waals surface area contributed by atoms with Crippen LogP contribution in [0.4, 0.5) is 0 Å². The number of amides is 1. The molecule has 0 unspecified atom stereocenters. The summed E-state index contributed by atoms with van der Waals surface area (Å²) in [6, 6.07) is 15.7.